The van der Waals surface area contributed by atoms with Crippen LogP contribution in [-0.4, -0.2) is 60.9 Å². The summed E-state index contributed by atoms with van der Waals surface area (Å²) in [5, 5.41) is 23.8. The van der Waals surface area contributed by atoms with Crippen LogP contribution in [0.4, 0.5) is 5.69 Å². The van der Waals surface area contributed by atoms with Gasteiger partial charge in [0, 0.05) is 38.3 Å². The number of morpholine rings is 1. The number of non-ortho nitro benzene ring substituents is 1. The Morgan fingerprint density at radius 3 is 2.86 bits per heavy atom. The molecule has 2 rings (SSSR count). The van der Waals surface area contributed by atoms with Crippen LogP contribution in [0.15, 0.2) is 24.3 Å². The molecule has 116 valence electrons. The molecule has 7 nitrogen and oxygen atoms in total. The molecule has 0 radical (unpaired) electrons. The van der Waals surface area contributed by atoms with Crippen LogP contribution in [0.5, 0.6) is 0 Å². The Morgan fingerprint density at radius 1 is 1.52 bits per heavy atom. The van der Waals surface area contributed by atoms with Crippen LogP contribution < -0.4 is 5.32 Å². The molecule has 1 aliphatic rings. The van der Waals surface area contributed by atoms with E-state index in [0.29, 0.717) is 18.7 Å². The monoisotopic (exact) mass is 295 g/mol. The molecule has 2 N–H and O–H groups in total. The zero-order valence-corrected chi connectivity index (χ0v) is 12.1. The van der Waals surface area contributed by atoms with E-state index in [-0.39, 0.29) is 11.8 Å². The molecule has 0 bridgehead atoms. The fourth-order valence-electron chi connectivity index (χ4n) is 2.31. The summed E-state index contributed by atoms with van der Waals surface area (Å²) in [6.07, 6.45) is -0.556. The molecule has 2 atom stereocenters. The summed E-state index contributed by atoms with van der Waals surface area (Å²) in [6, 6.07) is 5.96. The van der Waals surface area contributed by atoms with E-state index < -0.39 is 11.0 Å². The summed E-state index contributed by atoms with van der Waals surface area (Å²) in [5.41, 5.74) is 0.687. The Morgan fingerprint density at radius 2 is 2.24 bits per heavy atom. The van der Waals surface area contributed by atoms with Gasteiger partial charge >= 0.3 is 0 Å². The minimum absolute atomic E-state index is 0.0255. The summed E-state index contributed by atoms with van der Waals surface area (Å²) in [6.45, 7) is 3.62. The van der Waals surface area contributed by atoms with Crippen molar-refractivity contribution in [2.24, 2.45) is 0 Å². The Labute approximate surface area is 123 Å². The maximum Gasteiger partial charge on any atom is 0.269 e. The Hall–Kier alpha value is -1.54. The molecule has 1 aromatic carbocycles. The molecule has 0 aromatic heterocycles. The first kappa shape index (κ1) is 15.8. The van der Waals surface area contributed by atoms with Crippen molar-refractivity contribution in [1.29, 1.82) is 0 Å². The molecule has 1 fully saturated rings. The number of nitrogens with zero attached hydrogens (tertiary/aromatic N) is 2. The fourth-order valence-corrected chi connectivity index (χ4v) is 2.31. The number of nitro groups is 1. The van der Waals surface area contributed by atoms with Crippen molar-refractivity contribution in [1.82, 2.24) is 10.2 Å². The van der Waals surface area contributed by atoms with Crippen LogP contribution >= 0.6 is 0 Å². The van der Waals surface area contributed by atoms with Gasteiger partial charge in [0.2, 0.25) is 0 Å². The lowest BCUT2D eigenvalue weighted by molar-refractivity contribution is -0.384. The number of aliphatic hydroxyl groups excluding tert-OH is 1. The summed E-state index contributed by atoms with van der Waals surface area (Å²) < 4.78 is 5.62. The highest BCUT2D eigenvalue weighted by molar-refractivity contribution is 5.33. The number of nitro benzene ring substituents is 1. The first-order chi connectivity index (χ1) is 10.1. The van der Waals surface area contributed by atoms with E-state index in [1.54, 1.807) is 12.1 Å². The van der Waals surface area contributed by atoms with Crippen molar-refractivity contribution >= 4 is 5.69 Å². The largest absolute Gasteiger partial charge is 0.387 e. The molecule has 0 aliphatic carbocycles. The van der Waals surface area contributed by atoms with Gasteiger partial charge in [0.05, 0.1) is 23.7 Å². The van der Waals surface area contributed by atoms with Gasteiger partial charge in [-0.1, -0.05) is 0 Å². The second-order valence-corrected chi connectivity index (χ2v) is 5.28. The first-order valence-corrected chi connectivity index (χ1v) is 6.99. The van der Waals surface area contributed by atoms with Crippen LogP contribution in [0.3, 0.4) is 0 Å². The number of aliphatic hydroxyl groups is 1. The molecular formula is C14H21N3O4. The summed E-state index contributed by atoms with van der Waals surface area (Å²) in [5.74, 6) is 0. The molecule has 1 saturated heterocycles. The number of rotatable bonds is 6. The van der Waals surface area contributed by atoms with Gasteiger partial charge in [0.15, 0.2) is 0 Å². The van der Waals surface area contributed by atoms with Gasteiger partial charge in [-0.25, -0.2) is 0 Å². The van der Waals surface area contributed by atoms with E-state index in [1.807, 2.05) is 0 Å². The van der Waals surface area contributed by atoms with E-state index in [1.165, 1.54) is 12.1 Å². The topological polar surface area (TPSA) is 87.9 Å². The number of nitrogens with one attached hydrogen (secondary N) is 1. The van der Waals surface area contributed by atoms with Crippen molar-refractivity contribution in [3.8, 4) is 0 Å². The molecule has 2 unspecified atom stereocenters. The van der Waals surface area contributed by atoms with Gasteiger partial charge in [-0.05, 0) is 24.7 Å². The third kappa shape index (κ3) is 4.75. The third-order valence-electron chi connectivity index (χ3n) is 3.54. The van der Waals surface area contributed by atoms with Crippen LogP contribution in [0.25, 0.3) is 0 Å². The van der Waals surface area contributed by atoms with E-state index in [0.717, 1.165) is 19.7 Å². The molecule has 7 heteroatoms. The second kappa shape index (κ2) is 7.46. The van der Waals surface area contributed by atoms with Crippen molar-refractivity contribution in [2.45, 2.75) is 12.2 Å². The van der Waals surface area contributed by atoms with Gasteiger partial charge in [-0.3, -0.25) is 10.1 Å². The molecule has 0 saturated carbocycles. The zero-order chi connectivity index (χ0) is 15.2. The van der Waals surface area contributed by atoms with Crippen molar-refractivity contribution < 1.29 is 14.8 Å². The summed E-state index contributed by atoms with van der Waals surface area (Å²) in [7, 11) is 2.06. The smallest absolute Gasteiger partial charge is 0.269 e. The highest BCUT2D eigenvalue weighted by Gasteiger charge is 2.18. The van der Waals surface area contributed by atoms with Gasteiger partial charge in [-0.2, -0.15) is 0 Å². The average molecular weight is 295 g/mol. The van der Waals surface area contributed by atoms with Gasteiger partial charge in [0.25, 0.3) is 5.69 Å². The van der Waals surface area contributed by atoms with E-state index >= 15 is 0 Å². The fraction of sp³-hybridized carbons (Fsp3) is 0.571. The Bertz CT molecular complexity index is 466. The number of likely N-dealkylation sites (N-methyl/N-ethyl adjacent to an activating group) is 1. The standard InChI is InChI=1S/C14H21N3O4/c1-16-6-7-21-13(10-16)8-15-9-14(18)11-2-4-12(5-3-11)17(19)20/h2-5,13-15,18H,6-10H2,1H3. The summed E-state index contributed by atoms with van der Waals surface area (Å²) in [4.78, 5) is 12.3. The van der Waals surface area contributed by atoms with Crippen LogP contribution in [0.1, 0.15) is 11.7 Å². The van der Waals surface area contributed by atoms with E-state index in [9.17, 15) is 15.2 Å². The minimum atomic E-state index is -0.688. The molecule has 1 aliphatic heterocycles. The number of ether oxygens (including phenoxy) is 1. The quantitative estimate of drug-likeness (QED) is 0.588. The maximum absolute atomic E-state index is 10.6. The van der Waals surface area contributed by atoms with Crippen molar-refractivity contribution in [2.75, 3.05) is 39.8 Å². The van der Waals surface area contributed by atoms with Crippen molar-refractivity contribution in [3.05, 3.63) is 39.9 Å². The average Bonchev–Trinajstić information content (AvgIpc) is 2.47. The second-order valence-electron chi connectivity index (χ2n) is 5.28. The highest BCUT2D eigenvalue weighted by Crippen LogP contribution is 2.17. The predicted octanol–water partition coefficient (Wildman–Crippen LogP) is 0.548. The molecule has 1 aromatic rings. The van der Waals surface area contributed by atoms with Gasteiger partial charge < -0.3 is 20.1 Å². The molecule has 0 spiro atoms. The SMILES string of the molecule is CN1CCOC(CNCC(O)c2ccc([N+](=O)[O-])cc2)C1. The zero-order valence-electron chi connectivity index (χ0n) is 12.1. The van der Waals surface area contributed by atoms with Gasteiger partial charge in [0.1, 0.15) is 0 Å². The molecule has 21 heavy (non-hydrogen) atoms. The number of hydrogen-bond acceptors (Lipinski definition) is 6. The lowest BCUT2D eigenvalue weighted by Crippen LogP contribution is -2.45. The van der Waals surface area contributed by atoms with Crippen molar-refractivity contribution in [3.63, 3.8) is 0 Å². The number of hydrogen-bond donors (Lipinski definition) is 2. The van der Waals surface area contributed by atoms with Crippen LogP contribution in [0, 0.1) is 10.1 Å². The third-order valence-corrected chi connectivity index (χ3v) is 3.54. The first-order valence-electron chi connectivity index (χ1n) is 6.99. The Kier molecular flexibility index (Phi) is 5.63. The van der Waals surface area contributed by atoms with E-state index in [4.69, 9.17) is 4.74 Å². The normalized spacial score (nSPS) is 21.1. The predicted molar refractivity (Wildman–Crippen MR) is 78.2 cm³/mol. The minimum Gasteiger partial charge on any atom is -0.387 e. The van der Waals surface area contributed by atoms with E-state index in [2.05, 4.69) is 17.3 Å². The molecular weight excluding hydrogens is 274 g/mol. The number of benzene rings is 1. The lowest BCUT2D eigenvalue weighted by atomic mass is 10.1. The maximum atomic E-state index is 10.6. The molecule has 0 amide bonds. The van der Waals surface area contributed by atoms with Crippen LogP contribution in [0.2, 0.25) is 0 Å². The summed E-state index contributed by atoms with van der Waals surface area (Å²) >= 11 is 0. The highest BCUT2D eigenvalue weighted by atomic mass is 16.6. The lowest BCUT2D eigenvalue weighted by Gasteiger charge is -2.30. The Balaban J connectivity index is 1.76. The molecule has 1 heterocycles. The van der Waals surface area contributed by atoms with Crippen LogP contribution in [-0.2, 0) is 4.74 Å². The van der Waals surface area contributed by atoms with Gasteiger partial charge in [-0.15, -0.1) is 0 Å².